The number of tetrazole rings is 1. The monoisotopic (exact) mass is 461 g/mol. The summed E-state index contributed by atoms with van der Waals surface area (Å²) in [6.45, 7) is 5.37. The molecular formula is C22H25ClFN5O3. The van der Waals surface area contributed by atoms with Crippen LogP contribution in [0.1, 0.15) is 40.0 Å². The molecule has 2 N–H and O–H groups in total. The minimum absolute atomic E-state index is 0.140. The summed E-state index contributed by atoms with van der Waals surface area (Å²) in [5, 5.41) is 23.9. The van der Waals surface area contributed by atoms with Crippen molar-refractivity contribution in [2.24, 2.45) is 0 Å². The lowest BCUT2D eigenvalue weighted by atomic mass is 10.00. The Hall–Kier alpha value is -3.04. The number of aromatic nitrogens is 4. The van der Waals surface area contributed by atoms with Crippen LogP contribution in [0.25, 0.3) is 16.8 Å². The van der Waals surface area contributed by atoms with E-state index in [-0.39, 0.29) is 16.8 Å². The lowest BCUT2D eigenvalue weighted by Gasteiger charge is -2.19. The molecule has 1 atom stereocenters. The number of amides is 1. The average Bonchev–Trinajstić information content (AvgIpc) is 3.21. The first-order chi connectivity index (χ1) is 15.1. The second-order valence-electron chi connectivity index (χ2n) is 8.23. The van der Waals surface area contributed by atoms with Crippen molar-refractivity contribution >= 4 is 17.7 Å². The van der Waals surface area contributed by atoms with Crippen LogP contribution >= 0.6 is 11.6 Å². The number of hydrogen-bond acceptors (Lipinski definition) is 6. The van der Waals surface area contributed by atoms with E-state index in [2.05, 4.69) is 20.8 Å². The first kappa shape index (κ1) is 23.6. The molecule has 0 fully saturated rings. The third kappa shape index (κ3) is 6.73. The number of aliphatic hydroxyl groups is 1. The molecule has 2 aromatic carbocycles. The maximum absolute atomic E-state index is 13.5. The number of carbonyl (C=O) groups is 1. The molecule has 1 aromatic heterocycles. The van der Waals surface area contributed by atoms with Crippen LogP contribution in [0.15, 0.2) is 42.7 Å². The van der Waals surface area contributed by atoms with Crippen LogP contribution in [0, 0.1) is 5.82 Å². The fourth-order valence-electron chi connectivity index (χ4n) is 3.18. The predicted octanol–water partition coefficient (Wildman–Crippen LogP) is 4.54. The first-order valence-corrected chi connectivity index (χ1v) is 10.5. The van der Waals surface area contributed by atoms with Crippen LogP contribution in [0.2, 0.25) is 5.02 Å². The lowest BCUT2D eigenvalue weighted by molar-refractivity contribution is 0.0676. The molecule has 0 aliphatic heterocycles. The van der Waals surface area contributed by atoms with Gasteiger partial charge in [0.05, 0.1) is 16.3 Å². The normalized spacial score (nSPS) is 12.4. The number of nitrogens with one attached hydrogen (secondary N) is 1. The van der Waals surface area contributed by atoms with Crippen LogP contribution in [0.5, 0.6) is 5.75 Å². The number of ether oxygens (including phenoxy) is 1. The molecule has 0 saturated carbocycles. The largest absolute Gasteiger partial charge is 0.412 e. The number of halogens is 2. The summed E-state index contributed by atoms with van der Waals surface area (Å²) in [5.74, 6) is -0.209. The molecule has 0 aliphatic carbocycles. The number of carbonyl (C=O) groups excluding carboxylic acids is 1. The Bertz CT molecular complexity index is 1070. The second kappa shape index (κ2) is 10.1. The molecule has 1 unspecified atom stereocenters. The third-order valence-corrected chi connectivity index (χ3v) is 5.06. The van der Waals surface area contributed by atoms with E-state index in [0.717, 1.165) is 6.42 Å². The number of rotatable bonds is 8. The van der Waals surface area contributed by atoms with Crippen molar-refractivity contribution in [1.82, 2.24) is 25.5 Å². The zero-order chi connectivity index (χ0) is 23.3. The second-order valence-corrected chi connectivity index (χ2v) is 8.64. The van der Waals surface area contributed by atoms with Crippen LogP contribution in [0.3, 0.4) is 0 Å². The summed E-state index contributed by atoms with van der Waals surface area (Å²) < 4.78 is 20.4. The van der Waals surface area contributed by atoms with Crippen molar-refractivity contribution in [3.63, 3.8) is 0 Å². The Morgan fingerprint density at radius 3 is 2.75 bits per heavy atom. The molecule has 3 rings (SSSR count). The van der Waals surface area contributed by atoms with Gasteiger partial charge in [0.2, 0.25) is 0 Å². The molecule has 1 amide bonds. The molecule has 3 aromatic rings. The Balaban J connectivity index is 1.78. The maximum atomic E-state index is 13.5. The van der Waals surface area contributed by atoms with E-state index in [1.54, 1.807) is 38.1 Å². The summed E-state index contributed by atoms with van der Waals surface area (Å²) >= 11 is 6.22. The van der Waals surface area contributed by atoms with Gasteiger partial charge < -0.3 is 15.2 Å². The summed E-state index contributed by atoms with van der Waals surface area (Å²) in [7, 11) is 0. The fourth-order valence-corrected chi connectivity index (χ4v) is 3.46. The van der Waals surface area contributed by atoms with E-state index < -0.39 is 17.5 Å². The molecule has 0 saturated heterocycles. The van der Waals surface area contributed by atoms with E-state index in [0.29, 0.717) is 29.7 Å². The topological polar surface area (TPSA) is 102 Å². The maximum Gasteiger partial charge on any atom is 0.412 e. The summed E-state index contributed by atoms with van der Waals surface area (Å²) in [5.41, 5.74) is 0.959. The quantitative estimate of drug-likeness (QED) is 0.510. The van der Waals surface area contributed by atoms with E-state index >= 15 is 0 Å². The molecule has 170 valence electrons. The number of hydrogen-bond donors (Lipinski definition) is 2. The number of benzene rings is 2. The summed E-state index contributed by atoms with van der Waals surface area (Å²) in [6.07, 6.45) is 2.86. The predicted molar refractivity (Wildman–Crippen MR) is 118 cm³/mol. The van der Waals surface area contributed by atoms with Crippen LogP contribution in [-0.2, 0) is 0 Å². The first-order valence-electron chi connectivity index (χ1n) is 10.2. The fraction of sp³-hybridized carbons (Fsp3) is 0.364. The third-order valence-electron chi connectivity index (χ3n) is 4.75. The highest BCUT2D eigenvalue weighted by Crippen LogP contribution is 2.33. The van der Waals surface area contributed by atoms with E-state index in [9.17, 15) is 14.3 Å². The van der Waals surface area contributed by atoms with Crippen LogP contribution < -0.4 is 10.1 Å². The van der Waals surface area contributed by atoms with Crippen molar-refractivity contribution in [3.05, 3.63) is 53.6 Å². The zero-order valence-electron chi connectivity index (χ0n) is 18.0. The minimum atomic E-state index is -0.741. The van der Waals surface area contributed by atoms with E-state index in [1.807, 2.05) is 6.92 Å². The standard InChI is InChI=1S/C22H25ClFN5O3/c1-14(5-4-8-22(2,3)31)26-21(30)32-18-10-15(19-7-6-16(24)11-20(19)23)9-17(12-18)29-13-25-27-28-29/h6-7,9-14,31H,4-5,8H2,1-3H3,(H,26,30). The van der Waals surface area contributed by atoms with Gasteiger partial charge in [-0.25, -0.2) is 13.9 Å². The van der Waals surface area contributed by atoms with Gasteiger partial charge in [-0.1, -0.05) is 11.6 Å². The van der Waals surface area contributed by atoms with Gasteiger partial charge in [-0.15, -0.1) is 5.10 Å². The average molecular weight is 462 g/mol. The van der Waals surface area contributed by atoms with E-state index in [4.69, 9.17) is 16.3 Å². The lowest BCUT2D eigenvalue weighted by Crippen LogP contribution is -2.35. The van der Waals surface area contributed by atoms with Crippen molar-refractivity contribution in [3.8, 4) is 22.6 Å². The van der Waals surface area contributed by atoms with Gasteiger partial charge >= 0.3 is 6.09 Å². The smallest absolute Gasteiger partial charge is 0.410 e. The molecule has 1 heterocycles. The van der Waals surface area contributed by atoms with Crippen LogP contribution in [0.4, 0.5) is 9.18 Å². The Morgan fingerprint density at radius 1 is 1.31 bits per heavy atom. The molecule has 0 aliphatic rings. The van der Waals surface area contributed by atoms with Gasteiger partial charge in [0.15, 0.2) is 0 Å². The highest BCUT2D eigenvalue weighted by Gasteiger charge is 2.16. The molecule has 8 nitrogen and oxygen atoms in total. The summed E-state index contributed by atoms with van der Waals surface area (Å²) in [4.78, 5) is 12.4. The van der Waals surface area contributed by atoms with Gasteiger partial charge in [-0.2, -0.15) is 0 Å². The minimum Gasteiger partial charge on any atom is -0.410 e. The van der Waals surface area contributed by atoms with Gasteiger partial charge in [0, 0.05) is 17.7 Å². The Morgan fingerprint density at radius 2 is 2.09 bits per heavy atom. The highest BCUT2D eigenvalue weighted by molar-refractivity contribution is 6.33. The SMILES string of the molecule is CC(CCCC(C)(C)O)NC(=O)Oc1cc(-c2ccc(F)cc2Cl)cc(-n2cnnn2)c1. The molecular weight excluding hydrogens is 437 g/mol. The zero-order valence-corrected chi connectivity index (χ0v) is 18.8. The Kier molecular flexibility index (Phi) is 7.42. The Labute approximate surface area is 190 Å². The highest BCUT2D eigenvalue weighted by atomic mass is 35.5. The van der Waals surface area contributed by atoms with Gasteiger partial charge in [-0.05, 0) is 86.4 Å². The molecule has 32 heavy (non-hydrogen) atoms. The number of nitrogens with zero attached hydrogens (tertiary/aromatic N) is 4. The van der Waals surface area contributed by atoms with Gasteiger partial charge in [0.25, 0.3) is 0 Å². The molecule has 0 spiro atoms. The van der Waals surface area contributed by atoms with Gasteiger partial charge in [-0.3, -0.25) is 0 Å². The summed E-state index contributed by atoms with van der Waals surface area (Å²) in [6, 6.07) is 8.90. The molecule has 0 radical (unpaired) electrons. The van der Waals surface area contributed by atoms with Gasteiger partial charge in [0.1, 0.15) is 17.9 Å². The van der Waals surface area contributed by atoms with Crippen molar-refractivity contribution in [1.29, 1.82) is 0 Å². The van der Waals surface area contributed by atoms with Crippen molar-refractivity contribution < 1.29 is 19.0 Å². The molecule has 10 heteroatoms. The van der Waals surface area contributed by atoms with Crippen molar-refractivity contribution in [2.75, 3.05) is 0 Å². The van der Waals surface area contributed by atoms with E-state index in [1.165, 1.54) is 23.1 Å². The van der Waals surface area contributed by atoms with Crippen LogP contribution in [-0.4, -0.2) is 43.0 Å². The molecule has 0 bridgehead atoms. The van der Waals surface area contributed by atoms with Crippen molar-refractivity contribution in [2.45, 2.75) is 51.7 Å².